The molecule has 210 valence electrons. The molecule has 0 spiro atoms. The van der Waals surface area contributed by atoms with Gasteiger partial charge in [-0.3, -0.25) is 24.3 Å². The van der Waals surface area contributed by atoms with E-state index in [1.54, 1.807) is 17.0 Å². The van der Waals surface area contributed by atoms with Crippen LogP contribution in [-0.2, 0) is 11.3 Å². The van der Waals surface area contributed by atoms with Crippen LogP contribution in [0, 0.1) is 23.2 Å². The molecule has 1 aromatic carbocycles. The van der Waals surface area contributed by atoms with Crippen LogP contribution in [0.1, 0.15) is 83.3 Å². The van der Waals surface area contributed by atoms with E-state index in [4.69, 9.17) is 5.26 Å². The molecule has 2 saturated heterocycles. The van der Waals surface area contributed by atoms with E-state index in [9.17, 15) is 14.4 Å². The number of amides is 2. The van der Waals surface area contributed by atoms with Crippen molar-refractivity contribution in [3.8, 4) is 6.07 Å². The first kappa shape index (κ1) is 28.0. The summed E-state index contributed by atoms with van der Waals surface area (Å²) < 4.78 is 0. The summed E-state index contributed by atoms with van der Waals surface area (Å²) in [5.41, 5.74) is 2.77. The van der Waals surface area contributed by atoms with E-state index < -0.39 is 0 Å². The lowest BCUT2D eigenvalue weighted by molar-refractivity contribution is -0.138. The topological polar surface area (TPSA) is 97.6 Å². The lowest BCUT2D eigenvalue weighted by atomic mass is 9.88. The van der Waals surface area contributed by atoms with Crippen LogP contribution in [-0.4, -0.2) is 76.5 Å². The maximum atomic E-state index is 13.0. The number of piperazine rings is 1. The van der Waals surface area contributed by atoms with E-state index >= 15 is 0 Å². The minimum Gasteiger partial charge on any atom is -0.339 e. The first-order valence-electron chi connectivity index (χ1n) is 14.8. The molecule has 2 amide bonds. The summed E-state index contributed by atoms with van der Waals surface area (Å²) in [6.07, 6.45) is 9.42. The fraction of sp³-hybridized carbons (Fsp3) is 0.531. The lowest BCUT2D eigenvalue weighted by Gasteiger charge is -2.37. The summed E-state index contributed by atoms with van der Waals surface area (Å²) in [4.78, 5) is 49.3. The van der Waals surface area contributed by atoms with Gasteiger partial charge in [-0.05, 0) is 74.5 Å². The maximum absolute atomic E-state index is 13.0. The molecule has 40 heavy (non-hydrogen) atoms. The quantitative estimate of drug-likeness (QED) is 0.485. The molecular weight excluding hydrogens is 502 g/mol. The monoisotopic (exact) mass is 541 g/mol. The number of carbonyl (C=O) groups excluding carboxylic acids is 3. The number of nitrogens with zero attached hydrogens (tertiary/aromatic N) is 5. The van der Waals surface area contributed by atoms with Gasteiger partial charge in [0.2, 0.25) is 5.91 Å². The van der Waals surface area contributed by atoms with Crippen LogP contribution in [0.2, 0.25) is 0 Å². The molecule has 5 rings (SSSR count). The normalized spacial score (nSPS) is 19.3. The van der Waals surface area contributed by atoms with Crippen molar-refractivity contribution in [1.82, 2.24) is 19.7 Å². The summed E-state index contributed by atoms with van der Waals surface area (Å²) in [5, 5.41) is 8.96. The highest BCUT2D eigenvalue weighted by molar-refractivity contribution is 5.97. The number of likely N-dealkylation sites (tertiary alicyclic amines) is 1. The minimum absolute atomic E-state index is 0.0272. The van der Waals surface area contributed by atoms with E-state index in [0.29, 0.717) is 55.3 Å². The van der Waals surface area contributed by atoms with Crippen LogP contribution in [0.3, 0.4) is 0 Å². The van der Waals surface area contributed by atoms with Gasteiger partial charge in [-0.25, -0.2) is 0 Å². The second-order valence-corrected chi connectivity index (χ2v) is 11.5. The molecule has 2 aromatic rings. The van der Waals surface area contributed by atoms with Crippen LogP contribution in [0.4, 0.5) is 0 Å². The number of aromatic nitrogens is 1. The third kappa shape index (κ3) is 6.95. The van der Waals surface area contributed by atoms with E-state index in [2.05, 4.69) is 16.0 Å². The highest BCUT2D eigenvalue weighted by Crippen LogP contribution is 2.26. The SMILES string of the molecule is N#Cc1ccc(CN2CCC(CC(=O)c3ccc(C(=O)N4CCN(C(=O)C5CCCCC5)CC4)cn3)CC2)cc1. The molecule has 2 aliphatic heterocycles. The summed E-state index contributed by atoms with van der Waals surface area (Å²) >= 11 is 0. The largest absolute Gasteiger partial charge is 0.339 e. The van der Waals surface area contributed by atoms with Crippen molar-refractivity contribution in [3.05, 3.63) is 65.0 Å². The fourth-order valence-corrected chi connectivity index (χ4v) is 6.26. The third-order valence-electron chi connectivity index (χ3n) is 8.80. The van der Waals surface area contributed by atoms with Crippen molar-refractivity contribution in [3.63, 3.8) is 0 Å². The van der Waals surface area contributed by atoms with Gasteiger partial charge in [-0.15, -0.1) is 0 Å². The Morgan fingerprint density at radius 3 is 2.12 bits per heavy atom. The first-order valence-corrected chi connectivity index (χ1v) is 14.8. The molecule has 0 bridgehead atoms. The van der Waals surface area contributed by atoms with Gasteiger partial charge in [0.05, 0.1) is 17.2 Å². The van der Waals surface area contributed by atoms with E-state index in [0.717, 1.165) is 58.2 Å². The van der Waals surface area contributed by atoms with E-state index in [-0.39, 0.29) is 23.5 Å². The van der Waals surface area contributed by atoms with E-state index in [1.165, 1.54) is 18.2 Å². The van der Waals surface area contributed by atoms with Crippen molar-refractivity contribution in [1.29, 1.82) is 5.26 Å². The average molecular weight is 542 g/mol. The van der Waals surface area contributed by atoms with Crippen LogP contribution in [0.5, 0.6) is 0 Å². The number of nitriles is 1. The van der Waals surface area contributed by atoms with Crippen molar-refractivity contribution in [2.24, 2.45) is 11.8 Å². The second-order valence-electron chi connectivity index (χ2n) is 11.5. The van der Waals surface area contributed by atoms with Crippen LogP contribution in [0.25, 0.3) is 0 Å². The third-order valence-corrected chi connectivity index (χ3v) is 8.80. The number of benzene rings is 1. The van der Waals surface area contributed by atoms with Crippen LogP contribution >= 0.6 is 0 Å². The second kappa shape index (κ2) is 13.2. The smallest absolute Gasteiger partial charge is 0.255 e. The Kier molecular flexibility index (Phi) is 9.22. The Labute approximate surface area is 237 Å². The van der Waals surface area contributed by atoms with Crippen molar-refractivity contribution < 1.29 is 14.4 Å². The van der Waals surface area contributed by atoms with Gasteiger partial charge in [-0.1, -0.05) is 31.4 Å². The summed E-state index contributed by atoms with van der Waals surface area (Å²) in [6.45, 7) is 4.96. The Bertz CT molecular complexity index is 1210. The van der Waals surface area contributed by atoms with Crippen molar-refractivity contribution in [2.75, 3.05) is 39.3 Å². The van der Waals surface area contributed by atoms with Gasteiger partial charge in [0.1, 0.15) is 5.69 Å². The average Bonchev–Trinajstić information content (AvgIpc) is 3.02. The summed E-state index contributed by atoms with van der Waals surface area (Å²) in [5.74, 6) is 0.686. The number of carbonyl (C=O) groups is 3. The molecule has 0 atom stereocenters. The number of Topliss-reactive ketones (excluding diaryl/α,β-unsaturated/α-hetero) is 1. The molecule has 0 unspecified atom stereocenters. The van der Waals surface area contributed by atoms with Crippen molar-refractivity contribution in [2.45, 2.75) is 57.9 Å². The summed E-state index contributed by atoms with van der Waals surface area (Å²) in [6, 6.07) is 13.3. The maximum Gasteiger partial charge on any atom is 0.255 e. The molecule has 8 nitrogen and oxygen atoms in total. The molecule has 3 fully saturated rings. The summed E-state index contributed by atoms with van der Waals surface area (Å²) in [7, 11) is 0. The van der Waals surface area contributed by atoms with Crippen molar-refractivity contribution >= 4 is 17.6 Å². The molecule has 3 aliphatic rings. The molecule has 3 heterocycles. The number of rotatable bonds is 7. The van der Waals surface area contributed by atoms with Gasteiger partial charge in [0.25, 0.3) is 5.91 Å². The molecule has 1 aromatic heterocycles. The predicted molar refractivity (Wildman–Crippen MR) is 151 cm³/mol. The van der Waals surface area contributed by atoms with Gasteiger partial charge >= 0.3 is 0 Å². The first-order chi connectivity index (χ1) is 19.5. The predicted octanol–water partition coefficient (Wildman–Crippen LogP) is 4.30. The van der Waals surface area contributed by atoms with E-state index in [1.807, 2.05) is 29.2 Å². The molecular formula is C32H39N5O3. The lowest BCUT2D eigenvalue weighted by Crippen LogP contribution is -2.52. The van der Waals surface area contributed by atoms with Gasteiger partial charge in [0, 0.05) is 51.3 Å². The molecule has 8 heteroatoms. The minimum atomic E-state index is -0.0918. The zero-order valence-corrected chi connectivity index (χ0v) is 23.3. The molecule has 0 N–H and O–H groups in total. The number of piperidine rings is 1. The zero-order valence-electron chi connectivity index (χ0n) is 23.3. The van der Waals surface area contributed by atoms with Gasteiger partial charge in [0.15, 0.2) is 5.78 Å². The number of hydrogen-bond donors (Lipinski definition) is 0. The van der Waals surface area contributed by atoms with Crippen LogP contribution < -0.4 is 0 Å². The standard InChI is InChI=1S/C32H39N5O3/c33-21-25-6-8-26(9-7-25)23-35-14-12-24(13-15-35)20-30(38)29-11-10-28(22-34-29)32(40)37-18-16-36(17-19-37)31(39)27-4-2-1-3-5-27/h6-11,22,24,27H,1-5,12-20,23H2. The Hall–Kier alpha value is -3.57. The Morgan fingerprint density at radius 2 is 1.50 bits per heavy atom. The Balaban J connectivity index is 1.05. The number of pyridine rings is 1. The highest BCUT2D eigenvalue weighted by atomic mass is 16.2. The Morgan fingerprint density at radius 1 is 0.825 bits per heavy atom. The zero-order chi connectivity index (χ0) is 27.9. The molecule has 1 saturated carbocycles. The van der Waals surface area contributed by atoms with Gasteiger partial charge in [-0.2, -0.15) is 5.26 Å². The molecule has 0 radical (unpaired) electrons. The highest BCUT2D eigenvalue weighted by Gasteiger charge is 2.30. The number of ketones is 1. The van der Waals surface area contributed by atoms with Gasteiger partial charge < -0.3 is 9.80 Å². The molecule has 1 aliphatic carbocycles. The fourth-order valence-electron chi connectivity index (χ4n) is 6.26. The number of hydrogen-bond acceptors (Lipinski definition) is 6. The van der Waals surface area contributed by atoms with Crippen LogP contribution in [0.15, 0.2) is 42.6 Å².